The summed E-state index contributed by atoms with van der Waals surface area (Å²) in [4.78, 5) is 20.7. The Labute approximate surface area is 210 Å². The number of imidazole rings is 1. The number of nitrogens with zero attached hydrogens (tertiary/aromatic N) is 3. The lowest BCUT2D eigenvalue weighted by Crippen LogP contribution is -2.35. The molecular weight excluding hydrogens is 494 g/mol. The highest BCUT2D eigenvalue weighted by Crippen LogP contribution is 2.57. The Morgan fingerprint density at radius 1 is 1.16 bits per heavy atom. The van der Waals surface area contributed by atoms with Crippen LogP contribution in [0.15, 0.2) is 48.8 Å². The van der Waals surface area contributed by atoms with Gasteiger partial charge in [-0.25, -0.2) is 14.4 Å². The first-order valence-electron chi connectivity index (χ1n) is 11.8. The van der Waals surface area contributed by atoms with Gasteiger partial charge in [0.15, 0.2) is 0 Å². The molecule has 1 saturated carbocycles. The molecule has 1 aliphatic carbocycles. The van der Waals surface area contributed by atoms with E-state index in [0.29, 0.717) is 30.7 Å². The third-order valence-corrected chi connectivity index (χ3v) is 7.36. The van der Waals surface area contributed by atoms with E-state index in [2.05, 4.69) is 9.97 Å². The van der Waals surface area contributed by atoms with Crippen LogP contribution in [-0.2, 0) is 20.4 Å². The maximum atomic E-state index is 13.7. The lowest BCUT2D eigenvalue weighted by atomic mass is 9.76. The molecule has 37 heavy (non-hydrogen) atoms. The summed E-state index contributed by atoms with van der Waals surface area (Å²) in [5.41, 5.74) is 0.464. The number of methoxy groups -OCH3 is 2. The average molecular weight is 519 g/mol. The molecule has 0 amide bonds. The number of esters is 1. The standard InChI is InChI=1S/C26H25F4N3O4/c1-35-19-7-8-20(33-12-11-31-24(33)26(28,29)30)32-22(19)16-13-25(37-14-16)10-9-18(23(34)36-2)21(25)15-3-5-17(27)6-4-15/h3-8,11-12,16,18,21H,9-10,13-14H2,1-2H3/t16-,18+,21-,25-/m1/s1. The van der Waals surface area contributed by atoms with Gasteiger partial charge in [0.25, 0.3) is 0 Å². The van der Waals surface area contributed by atoms with E-state index in [1.54, 1.807) is 18.2 Å². The van der Waals surface area contributed by atoms with E-state index in [-0.39, 0.29) is 36.0 Å². The molecule has 5 rings (SSSR count). The average Bonchev–Trinajstić information content (AvgIpc) is 3.63. The smallest absolute Gasteiger partial charge is 0.450 e. The lowest BCUT2D eigenvalue weighted by molar-refractivity contribution is -0.147. The molecule has 1 aromatic carbocycles. The highest BCUT2D eigenvalue weighted by molar-refractivity contribution is 5.74. The topological polar surface area (TPSA) is 75.5 Å². The number of alkyl halides is 3. The van der Waals surface area contributed by atoms with Gasteiger partial charge in [-0.05, 0) is 49.1 Å². The Balaban J connectivity index is 1.51. The van der Waals surface area contributed by atoms with Crippen LogP contribution in [0.3, 0.4) is 0 Å². The van der Waals surface area contributed by atoms with E-state index in [9.17, 15) is 22.4 Å². The first-order valence-corrected chi connectivity index (χ1v) is 11.8. The van der Waals surface area contributed by atoms with Crippen LogP contribution in [-0.4, -0.2) is 46.9 Å². The number of aromatic nitrogens is 3. The van der Waals surface area contributed by atoms with E-state index in [0.717, 1.165) is 16.3 Å². The Morgan fingerprint density at radius 2 is 1.92 bits per heavy atom. The summed E-state index contributed by atoms with van der Waals surface area (Å²) in [5.74, 6) is -2.54. The second-order valence-corrected chi connectivity index (χ2v) is 9.35. The molecule has 1 aliphatic heterocycles. The number of hydrogen-bond acceptors (Lipinski definition) is 6. The summed E-state index contributed by atoms with van der Waals surface area (Å²) in [5, 5.41) is 0. The van der Waals surface area contributed by atoms with Crippen LogP contribution in [0, 0.1) is 11.7 Å². The molecule has 2 aromatic heterocycles. The van der Waals surface area contributed by atoms with E-state index in [4.69, 9.17) is 14.2 Å². The molecule has 1 spiro atoms. The molecular formula is C26H25F4N3O4. The summed E-state index contributed by atoms with van der Waals surface area (Å²) in [7, 11) is 2.80. The number of rotatable bonds is 5. The number of carbonyl (C=O) groups is 1. The molecule has 1 saturated heterocycles. The predicted octanol–water partition coefficient (Wildman–Crippen LogP) is 5.04. The van der Waals surface area contributed by atoms with Crippen LogP contribution in [0.5, 0.6) is 5.75 Å². The molecule has 196 valence electrons. The fraction of sp³-hybridized carbons (Fsp3) is 0.423. The van der Waals surface area contributed by atoms with Crippen molar-refractivity contribution in [1.82, 2.24) is 14.5 Å². The van der Waals surface area contributed by atoms with E-state index >= 15 is 0 Å². The molecule has 2 fully saturated rings. The SMILES string of the molecule is COC(=O)[C@H]1CC[C@@]2(C[C@@H](c3nc(-n4ccnc4C(F)(F)F)ccc3OC)CO2)[C@@H]1c1ccc(F)cc1. The summed E-state index contributed by atoms with van der Waals surface area (Å²) < 4.78 is 71.9. The maximum absolute atomic E-state index is 13.7. The fourth-order valence-electron chi connectivity index (χ4n) is 5.82. The van der Waals surface area contributed by atoms with Gasteiger partial charge < -0.3 is 14.2 Å². The second-order valence-electron chi connectivity index (χ2n) is 9.35. The van der Waals surface area contributed by atoms with Crippen molar-refractivity contribution in [2.75, 3.05) is 20.8 Å². The summed E-state index contributed by atoms with van der Waals surface area (Å²) in [6.07, 6.45) is -0.840. The number of ether oxygens (including phenoxy) is 3. The monoisotopic (exact) mass is 519 g/mol. The lowest BCUT2D eigenvalue weighted by Gasteiger charge is -2.33. The normalized spacial score (nSPS) is 25.5. The number of carbonyl (C=O) groups excluding carboxylic acids is 1. The first kappa shape index (κ1) is 25.2. The first-order chi connectivity index (χ1) is 17.7. The van der Waals surface area contributed by atoms with Gasteiger partial charge in [0, 0.05) is 24.2 Å². The molecule has 11 heteroatoms. The largest absolute Gasteiger partial charge is 0.495 e. The fourth-order valence-corrected chi connectivity index (χ4v) is 5.82. The van der Waals surface area contributed by atoms with E-state index in [1.165, 1.54) is 38.6 Å². The van der Waals surface area contributed by atoms with Gasteiger partial charge in [0.1, 0.15) is 17.4 Å². The van der Waals surface area contributed by atoms with Crippen molar-refractivity contribution in [2.24, 2.45) is 5.92 Å². The maximum Gasteiger partial charge on any atom is 0.450 e. The van der Waals surface area contributed by atoms with Crippen LogP contribution in [0.4, 0.5) is 17.6 Å². The molecule has 7 nitrogen and oxygen atoms in total. The van der Waals surface area contributed by atoms with Crippen molar-refractivity contribution < 1.29 is 36.6 Å². The van der Waals surface area contributed by atoms with E-state index in [1.807, 2.05) is 0 Å². The zero-order valence-electron chi connectivity index (χ0n) is 20.2. The summed E-state index contributed by atoms with van der Waals surface area (Å²) >= 11 is 0. The summed E-state index contributed by atoms with van der Waals surface area (Å²) in [6, 6.07) is 9.01. The molecule has 0 bridgehead atoms. The molecule has 3 aromatic rings. The van der Waals surface area contributed by atoms with Crippen LogP contribution >= 0.6 is 0 Å². The van der Waals surface area contributed by atoms with Crippen LogP contribution in [0.2, 0.25) is 0 Å². The molecule has 0 radical (unpaired) electrons. The van der Waals surface area contributed by atoms with Crippen molar-refractivity contribution in [3.63, 3.8) is 0 Å². The minimum Gasteiger partial charge on any atom is -0.495 e. The zero-order chi connectivity index (χ0) is 26.4. The van der Waals surface area contributed by atoms with Crippen molar-refractivity contribution in [3.8, 4) is 11.6 Å². The quantitative estimate of drug-likeness (QED) is 0.347. The predicted molar refractivity (Wildman–Crippen MR) is 123 cm³/mol. The van der Waals surface area contributed by atoms with Crippen LogP contribution in [0.1, 0.15) is 48.2 Å². The highest BCUT2D eigenvalue weighted by Gasteiger charge is 2.57. The van der Waals surface area contributed by atoms with Gasteiger partial charge in [-0.2, -0.15) is 13.2 Å². The number of halogens is 4. The molecule has 3 heterocycles. The van der Waals surface area contributed by atoms with Gasteiger partial charge in [0.2, 0.25) is 5.82 Å². The number of hydrogen-bond donors (Lipinski definition) is 0. The van der Waals surface area contributed by atoms with Gasteiger partial charge >= 0.3 is 12.1 Å². The van der Waals surface area contributed by atoms with Crippen molar-refractivity contribution >= 4 is 5.97 Å². The van der Waals surface area contributed by atoms with Crippen molar-refractivity contribution in [2.45, 2.75) is 42.9 Å². The highest BCUT2D eigenvalue weighted by atomic mass is 19.4. The molecule has 0 N–H and O–H groups in total. The Bertz CT molecular complexity index is 1290. The molecule has 0 unspecified atom stereocenters. The van der Waals surface area contributed by atoms with Gasteiger partial charge in [-0.1, -0.05) is 12.1 Å². The summed E-state index contributed by atoms with van der Waals surface area (Å²) in [6.45, 7) is 0.231. The van der Waals surface area contributed by atoms with Gasteiger partial charge in [-0.15, -0.1) is 0 Å². The third-order valence-electron chi connectivity index (χ3n) is 7.36. The molecule has 2 aliphatic rings. The van der Waals surface area contributed by atoms with Gasteiger partial charge in [-0.3, -0.25) is 9.36 Å². The third kappa shape index (κ3) is 4.45. The molecule has 4 atom stereocenters. The number of pyridine rings is 1. The van der Waals surface area contributed by atoms with Crippen LogP contribution < -0.4 is 4.74 Å². The minimum atomic E-state index is -4.65. The Morgan fingerprint density at radius 3 is 2.59 bits per heavy atom. The Kier molecular flexibility index (Phi) is 6.43. The van der Waals surface area contributed by atoms with Crippen LogP contribution in [0.25, 0.3) is 5.82 Å². The van der Waals surface area contributed by atoms with Crippen molar-refractivity contribution in [1.29, 1.82) is 0 Å². The van der Waals surface area contributed by atoms with Crippen molar-refractivity contribution in [3.05, 3.63) is 71.7 Å². The van der Waals surface area contributed by atoms with E-state index < -0.39 is 23.5 Å². The zero-order valence-corrected chi connectivity index (χ0v) is 20.2. The Hall–Kier alpha value is -3.47. The second kappa shape index (κ2) is 9.44. The van der Waals surface area contributed by atoms with Gasteiger partial charge in [0.05, 0.1) is 38.0 Å². The minimum absolute atomic E-state index is 0.0514. The number of benzene rings is 1.